The van der Waals surface area contributed by atoms with Crippen LogP contribution in [0.25, 0.3) is 6.08 Å². The van der Waals surface area contributed by atoms with E-state index in [0.717, 1.165) is 64.8 Å². The second kappa shape index (κ2) is 14.7. The van der Waals surface area contributed by atoms with Gasteiger partial charge in [0.05, 0.1) is 0 Å². The van der Waals surface area contributed by atoms with Crippen LogP contribution in [-0.2, 0) is 23.9 Å². The first kappa shape index (κ1) is 35.2. The molecule has 1 aromatic carbocycles. The van der Waals surface area contributed by atoms with Crippen molar-refractivity contribution in [1.82, 2.24) is 9.80 Å². The van der Waals surface area contributed by atoms with E-state index < -0.39 is 0 Å². The summed E-state index contributed by atoms with van der Waals surface area (Å²) < 4.78 is 11.9. The van der Waals surface area contributed by atoms with Crippen molar-refractivity contribution < 1.29 is 23.9 Å². The van der Waals surface area contributed by atoms with E-state index in [9.17, 15) is 14.4 Å². The van der Waals surface area contributed by atoms with E-state index in [0.29, 0.717) is 47.8 Å². The summed E-state index contributed by atoms with van der Waals surface area (Å²) >= 11 is 0. The standard InChI is InChI=1S/C41H60N2O5/c1-28(13-16-38(46)43-24-22-42(23-25-43)21-9-12-31-10-7-6-8-11-31)34-14-15-35-39-36(18-20-41(34,35)5)40(4)19-17-33(47-29(2)44)26-32(40)27-37(39)48-30(3)45/h6-12,28,32-37,39H,13-27H2,1-5H3/b12-9+/t28-,32+,33-,34-,35+,36+,37+,39+,40+,41-/m1/s1. The Bertz CT molecular complexity index is 1320. The molecule has 0 unspecified atom stereocenters. The van der Waals surface area contributed by atoms with Crippen molar-refractivity contribution in [1.29, 1.82) is 0 Å². The van der Waals surface area contributed by atoms with Crippen LogP contribution in [0.5, 0.6) is 0 Å². The zero-order chi connectivity index (χ0) is 34.1. The number of esters is 2. The summed E-state index contributed by atoms with van der Waals surface area (Å²) in [7, 11) is 0. The van der Waals surface area contributed by atoms with Crippen molar-refractivity contribution in [3.63, 3.8) is 0 Å². The van der Waals surface area contributed by atoms with E-state index in [2.05, 4.69) is 67.0 Å². The van der Waals surface area contributed by atoms with Gasteiger partial charge in [-0.05, 0) is 104 Å². The van der Waals surface area contributed by atoms with Crippen LogP contribution in [0.3, 0.4) is 0 Å². The Morgan fingerprint density at radius 1 is 0.875 bits per heavy atom. The highest BCUT2D eigenvalue weighted by atomic mass is 16.5. The Balaban J connectivity index is 1.04. The van der Waals surface area contributed by atoms with Gasteiger partial charge in [-0.3, -0.25) is 19.3 Å². The van der Waals surface area contributed by atoms with E-state index in [1.165, 1.54) is 38.2 Å². The Morgan fingerprint density at radius 3 is 2.27 bits per heavy atom. The van der Waals surface area contributed by atoms with E-state index in [-0.39, 0.29) is 35.0 Å². The fourth-order valence-corrected chi connectivity index (χ4v) is 11.6. The lowest BCUT2D eigenvalue weighted by molar-refractivity contribution is -0.197. The number of carbonyl (C=O) groups is 3. The molecule has 1 aromatic rings. The average molecular weight is 661 g/mol. The largest absolute Gasteiger partial charge is 0.463 e. The van der Waals surface area contributed by atoms with Crippen molar-refractivity contribution in [3.05, 3.63) is 42.0 Å². The van der Waals surface area contributed by atoms with Gasteiger partial charge in [0.25, 0.3) is 0 Å². The van der Waals surface area contributed by atoms with Crippen LogP contribution in [0.2, 0.25) is 0 Å². The third kappa shape index (κ3) is 7.27. The topological polar surface area (TPSA) is 76.1 Å². The van der Waals surface area contributed by atoms with Crippen molar-refractivity contribution >= 4 is 23.9 Å². The highest BCUT2D eigenvalue weighted by molar-refractivity contribution is 5.76. The van der Waals surface area contributed by atoms with Crippen molar-refractivity contribution in [3.8, 4) is 0 Å². The first-order valence-corrected chi connectivity index (χ1v) is 19.0. The number of piperazine rings is 1. The van der Waals surface area contributed by atoms with Gasteiger partial charge in [-0.25, -0.2) is 0 Å². The molecular weight excluding hydrogens is 600 g/mol. The third-order valence-electron chi connectivity index (χ3n) is 14.0. The van der Waals surface area contributed by atoms with Crippen LogP contribution in [0.15, 0.2) is 36.4 Å². The Kier molecular flexibility index (Phi) is 10.7. The molecule has 4 aliphatic carbocycles. The van der Waals surface area contributed by atoms with Crippen LogP contribution in [0.4, 0.5) is 0 Å². The maximum Gasteiger partial charge on any atom is 0.302 e. The molecule has 0 aromatic heterocycles. The van der Waals surface area contributed by atoms with Crippen molar-refractivity contribution in [2.45, 2.75) is 111 Å². The number of nitrogens with zero attached hydrogens (tertiary/aromatic N) is 2. The quantitative estimate of drug-likeness (QED) is 0.257. The molecule has 1 aliphatic heterocycles. The normalized spacial score (nSPS) is 37.3. The minimum Gasteiger partial charge on any atom is -0.463 e. The number of amides is 1. The van der Waals surface area contributed by atoms with Gasteiger partial charge < -0.3 is 14.4 Å². The molecule has 10 atom stereocenters. The number of benzene rings is 1. The molecule has 1 saturated heterocycles. The summed E-state index contributed by atoms with van der Waals surface area (Å²) in [6, 6.07) is 10.4. The van der Waals surface area contributed by atoms with Gasteiger partial charge in [-0.15, -0.1) is 0 Å². The van der Waals surface area contributed by atoms with Crippen molar-refractivity contribution in [2.75, 3.05) is 32.7 Å². The van der Waals surface area contributed by atoms with E-state index in [1.807, 2.05) is 6.07 Å². The monoisotopic (exact) mass is 660 g/mol. The number of rotatable bonds is 9. The highest BCUT2D eigenvalue weighted by Crippen LogP contribution is 2.69. The number of hydrogen-bond donors (Lipinski definition) is 0. The molecule has 48 heavy (non-hydrogen) atoms. The summed E-state index contributed by atoms with van der Waals surface area (Å²) in [6.07, 6.45) is 14.5. The number of hydrogen-bond acceptors (Lipinski definition) is 6. The van der Waals surface area contributed by atoms with Crippen LogP contribution in [-0.4, -0.2) is 72.6 Å². The molecule has 0 spiro atoms. The molecule has 1 amide bonds. The van der Waals surface area contributed by atoms with Crippen LogP contribution in [0, 0.1) is 46.3 Å². The third-order valence-corrected chi connectivity index (χ3v) is 14.0. The lowest BCUT2D eigenvalue weighted by Crippen LogP contribution is -2.59. The summed E-state index contributed by atoms with van der Waals surface area (Å²) in [5.74, 6) is 2.88. The molecule has 7 nitrogen and oxygen atoms in total. The highest BCUT2D eigenvalue weighted by Gasteiger charge is 2.64. The summed E-state index contributed by atoms with van der Waals surface area (Å²) in [5.41, 5.74) is 1.62. The van der Waals surface area contributed by atoms with Gasteiger partial charge >= 0.3 is 11.9 Å². The maximum atomic E-state index is 13.4. The minimum absolute atomic E-state index is 0.0191. The molecule has 4 saturated carbocycles. The zero-order valence-electron chi connectivity index (χ0n) is 30.2. The predicted molar refractivity (Wildman–Crippen MR) is 189 cm³/mol. The maximum absolute atomic E-state index is 13.4. The first-order valence-electron chi connectivity index (χ1n) is 19.0. The molecule has 264 valence electrons. The number of carbonyl (C=O) groups excluding carboxylic acids is 3. The zero-order valence-corrected chi connectivity index (χ0v) is 30.2. The van der Waals surface area contributed by atoms with E-state index in [4.69, 9.17) is 9.47 Å². The van der Waals surface area contributed by atoms with Crippen LogP contribution < -0.4 is 0 Å². The lowest BCUT2D eigenvalue weighted by atomic mass is 9.43. The average Bonchev–Trinajstić information content (AvgIpc) is 3.41. The molecule has 5 fully saturated rings. The minimum atomic E-state index is -0.194. The second-order valence-corrected chi connectivity index (χ2v) is 16.6. The molecular formula is C41H60N2O5. The molecule has 7 heteroatoms. The van der Waals surface area contributed by atoms with Crippen LogP contribution in [0.1, 0.15) is 104 Å². The Hall–Kier alpha value is -2.67. The molecule has 6 rings (SSSR count). The van der Waals surface area contributed by atoms with Gasteiger partial charge in [0.15, 0.2) is 0 Å². The van der Waals surface area contributed by atoms with Crippen molar-refractivity contribution in [2.24, 2.45) is 46.3 Å². The number of ether oxygens (including phenoxy) is 2. The summed E-state index contributed by atoms with van der Waals surface area (Å²) in [6.45, 7) is 14.9. The van der Waals surface area contributed by atoms with Gasteiger partial charge in [-0.1, -0.05) is 63.3 Å². The van der Waals surface area contributed by atoms with E-state index >= 15 is 0 Å². The first-order chi connectivity index (χ1) is 23.0. The molecule has 1 heterocycles. The molecule has 0 bridgehead atoms. The van der Waals surface area contributed by atoms with Gasteiger partial charge in [0, 0.05) is 58.9 Å². The number of fused-ring (bicyclic) bond motifs is 5. The van der Waals surface area contributed by atoms with Gasteiger partial charge in [-0.2, -0.15) is 0 Å². The lowest BCUT2D eigenvalue weighted by Gasteiger charge is -2.62. The Morgan fingerprint density at radius 2 is 1.56 bits per heavy atom. The molecule has 0 radical (unpaired) electrons. The summed E-state index contributed by atoms with van der Waals surface area (Å²) in [4.78, 5) is 42.1. The fourth-order valence-electron chi connectivity index (χ4n) is 11.6. The molecule has 0 N–H and O–H groups in total. The summed E-state index contributed by atoms with van der Waals surface area (Å²) in [5, 5.41) is 0. The van der Waals surface area contributed by atoms with E-state index in [1.54, 1.807) is 6.92 Å². The second-order valence-electron chi connectivity index (χ2n) is 16.6. The van der Waals surface area contributed by atoms with Gasteiger partial charge in [0.2, 0.25) is 5.91 Å². The fraction of sp³-hybridized carbons (Fsp3) is 0.732. The SMILES string of the molecule is CC(=O)O[C@@H]1CC[C@@]2(C)[C@@H](C1)C[C@H](OC(C)=O)[C@@H]1[C@@H]2CC[C@]2(C)[C@@H]([C@H](C)CCC(=O)N3CCN(C/C=C/c4ccccc4)CC3)CC[C@@H]12. The Labute approximate surface area is 289 Å². The smallest absolute Gasteiger partial charge is 0.302 e. The van der Waals surface area contributed by atoms with Crippen LogP contribution >= 0.6 is 0 Å². The predicted octanol–water partition coefficient (Wildman–Crippen LogP) is 7.39. The van der Waals surface area contributed by atoms with Gasteiger partial charge in [0.1, 0.15) is 12.2 Å². The molecule has 5 aliphatic rings.